The average Bonchev–Trinajstić information content (AvgIpc) is 2.74. The molecule has 0 unspecified atom stereocenters. The zero-order valence-electron chi connectivity index (χ0n) is 17.2. The molecular formula is C23H25N3O3S. The minimum absolute atomic E-state index is 0.0257. The van der Waals surface area contributed by atoms with Crippen LogP contribution in [-0.4, -0.2) is 51.4 Å². The third-order valence-corrected chi connectivity index (χ3v) is 6.07. The van der Waals surface area contributed by atoms with Crippen LogP contribution in [0.4, 0.5) is 0 Å². The number of nitrogens with zero attached hydrogens (tertiary/aromatic N) is 3. The van der Waals surface area contributed by atoms with Gasteiger partial charge < -0.3 is 9.64 Å². The smallest absolute Gasteiger partial charge is 0.262 e. The van der Waals surface area contributed by atoms with Gasteiger partial charge in [0.25, 0.3) is 5.56 Å². The third kappa shape index (κ3) is 4.57. The van der Waals surface area contributed by atoms with Gasteiger partial charge in [-0.25, -0.2) is 4.98 Å². The summed E-state index contributed by atoms with van der Waals surface area (Å²) in [7, 11) is 0. The molecule has 4 rings (SSSR count). The van der Waals surface area contributed by atoms with Gasteiger partial charge in [0.05, 0.1) is 35.4 Å². The van der Waals surface area contributed by atoms with Gasteiger partial charge in [-0.15, -0.1) is 0 Å². The standard InChI is InChI=1S/C23H25N3O3S/c1-16-12-25(13-17(2)29-16)21(27)15-30-23-24-20-11-7-6-10-19(20)22(28)26(23)14-18-8-4-3-5-9-18/h3-11,16-17H,12-15H2,1-2H3/t16-,17-/m0/s1. The first kappa shape index (κ1) is 20.6. The van der Waals surface area contributed by atoms with Gasteiger partial charge in [0.15, 0.2) is 5.16 Å². The summed E-state index contributed by atoms with van der Waals surface area (Å²) < 4.78 is 7.39. The summed E-state index contributed by atoms with van der Waals surface area (Å²) in [6.45, 7) is 5.55. The predicted molar refractivity (Wildman–Crippen MR) is 119 cm³/mol. The van der Waals surface area contributed by atoms with Gasteiger partial charge >= 0.3 is 0 Å². The van der Waals surface area contributed by atoms with E-state index in [1.807, 2.05) is 67.3 Å². The molecule has 1 aliphatic rings. The average molecular weight is 424 g/mol. The topological polar surface area (TPSA) is 64.4 Å². The summed E-state index contributed by atoms with van der Waals surface area (Å²) in [4.78, 5) is 32.5. The van der Waals surface area contributed by atoms with Crippen molar-refractivity contribution in [1.29, 1.82) is 0 Å². The Kier molecular flexibility index (Phi) is 6.20. The summed E-state index contributed by atoms with van der Waals surface area (Å²) in [5.41, 5.74) is 1.57. The van der Waals surface area contributed by atoms with E-state index in [1.165, 1.54) is 11.8 Å². The molecule has 30 heavy (non-hydrogen) atoms. The Labute approximate surface area is 179 Å². The van der Waals surface area contributed by atoms with Crippen LogP contribution in [0.5, 0.6) is 0 Å². The first-order valence-electron chi connectivity index (χ1n) is 10.1. The normalized spacial score (nSPS) is 19.2. The molecule has 0 saturated carbocycles. The highest BCUT2D eigenvalue weighted by Gasteiger charge is 2.26. The Hall–Kier alpha value is -2.64. The predicted octanol–water partition coefficient (Wildman–Crippen LogP) is 3.17. The molecule has 1 saturated heterocycles. The number of para-hydroxylation sites is 1. The number of carbonyl (C=O) groups excluding carboxylic acids is 1. The lowest BCUT2D eigenvalue weighted by Gasteiger charge is -2.35. The summed E-state index contributed by atoms with van der Waals surface area (Å²) in [5.74, 6) is 0.273. The Morgan fingerprint density at radius 1 is 1.07 bits per heavy atom. The lowest BCUT2D eigenvalue weighted by Crippen LogP contribution is -2.48. The number of morpholine rings is 1. The van der Waals surface area contributed by atoms with Crippen molar-refractivity contribution in [2.24, 2.45) is 0 Å². The fraction of sp³-hybridized carbons (Fsp3) is 0.348. The maximum Gasteiger partial charge on any atom is 0.262 e. The summed E-state index contributed by atoms with van der Waals surface area (Å²) in [5, 5.41) is 1.14. The number of amides is 1. The lowest BCUT2D eigenvalue weighted by molar-refractivity contribution is -0.140. The molecule has 2 atom stereocenters. The highest BCUT2D eigenvalue weighted by atomic mass is 32.2. The molecule has 0 N–H and O–H groups in total. The van der Waals surface area contributed by atoms with E-state index < -0.39 is 0 Å². The summed E-state index contributed by atoms with van der Waals surface area (Å²) in [6.07, 6.45) is 0.0514. The molecule has 2 heterocycles. The van der Waals surface area contributed by atoms with E-state index >= 15 is 0 Å². The van der Waals surface area contributed by atoms with E-state index in [2.05, 4.69) is 0 Å². The first-order valence-corrected chi connectivity index (χ1v) is 11.1. The molecule has 6 nitrogen and oxygen atoms in total. The maximum absolute atomic E-state index is 13.2. The van der Waals surface area contributed by atoms with Crippen molar-refractivity contribution in [2.45, 2.75) is 37.8 Å². The molecule has 1 aromatic heterocycles. The molecule has 0 radical (unpaired) electrons. The van der Waals surface area contributed by atoms with E-state index in [4.69, 9.17) is 9.72 Å². The number of carbonyl (C=O) groups is 1. The number of hydrogen-bond donors (Lipinski definition) is 0. The Morgan fingerprint density at radius 2 is 1.73 bits per heavy atom. The number of hydrogen-bond acceptors (Lipinski definition) is 5. The van der Waals surface area contributed by atoms with Gasteiger partial charge in [-0.2, -0.15) is 0 Å². The highest BCUT2D eigenvalue weighted by Crippen LogP contribution is 2.20. The molecular weight excluding hydrogens is 398 g/mol. The summed E-state index contributed by atoms with van der Waals surface area (Å²) in [6, 6.07) is 17.2. The van der Waals surface area contributed by atoms with Crippen LogP contribution in [-0.2, 0) is 16.1 Å². The minimum Gasteiger partial charge on any atom is -0.372 e. The van der Waals surface area contributed by atoms with Gasteiger partial charge in [-0.1, -0.05) is 54.2 Å². The van der Waals surface area contributed by atoms with Crippen molar-refractivity contribution < 1.29 is 9.53 Å². The minimum atomic E-state index is -0.0898. The van der Waals surface area contributed by atoms with Crippen molar-refractivity contribution in [3.8, 4) is 0 Å². The van der Waals surface area contributed by atoms with Gasteiger partial charge in [0, 0.05) is 13.1 Å². The second-order valence-corrected chi connectivity index (χ2v) is 8.58. The van der Waals surface area contributed by atoms with Crippen molar-refractivity contribution in [1.82, 2.24) is 14.5 Å². The number of thioether (sulfide) groups is 1. The van der Waals surface area contributed by atoms with Crippen molar-refractivity contribution in [2.75, 3.05) is 18.8 Å². The Bertz CT molecular complexity index is 1090. The number of ether oxygens (including phenoxy) is 1. The second-order valence-electron chi connectivity index (χ2n) is 7.63. The molecule has 2 aromatic carbocycles. The quantitative estimate of drug-likeness (QED) is 0.466. The number of aromatic nitrogens is 2. The molecule has 0 aliphatic carbocycles. The van der Waals surface area contributed by atoms with Crippen LogP contribution < -0.4 is 5.56 Å². The fourth-order valence-corrected chi connectivity index (χ4v) is 4.66. The Morgan fingerprint density at radius 3 is 2.47 bits per heavy atom. The van der Waals surface area contributed by atoms with E-state index in [-0.39, 0.29) is 29.4 Å². The van der Waals surface area contributed by atoms with Crippen LogP contribution >= 0.6 is 11.8 Å². The van der Waals surface area contributed by atoms with Crippen LogP contribution in [0.3, 0.4) is 0 Å². The van der Waals surface area contributed by atoms with Crippen LogP contribution in [0.1, 0.15) is 19.4 Å². The van der Waals surface area contributed by atoms with Gasteiger partial charge in [-0.05, 0) is 31.5 Å². The lowest BCUT2D eigenvalue weighted by atomic mass is 10.2. The fourth-order valence-electron chi connectivity index (χ4n) is 3.76. The number of benzene rings is 2. The monoisotopic (exact) mass is 423 g/mol. The van der Waals surface area contributed by atoms with Gasteiger partial charge in [0.1, 0.15) is 0 Å². The zero-order valence-corrected chi connectivity index (χ0v) is 18.0. The number of rotatable bonds is 5. The highest BCUT2D eigenvalue weighted by molar-refractivity contribution is 7.99. The van der Waals surface area contributed by atoms with E-state index in [0.717, 1.165) is 5.56 Å². The van der Waals surface area contributed by atoms with Gasteiger partial charge in [0.2, 0.25) is 5.91 Å². The van der Waals surface area contributed by atoms with Crippen LogP contribution in [0, 0.1) is 0 Å². The Balaban J connectivity index is 1.61. The molecule has 1 amide bonds. The molecule has 7 heteroatoms. The third-order valence-electron chi connectivity index (χ3n) is 5.11. The molecule has 0 spiro atoms. The zero-order chi connectivity index (χ0) is 21.1. The van der Waals surface area contributed by atoms with E-state index in [0.29, 0.717) is 35.7 Å². The second kappa shape index (κ2) is 9.02. The molecule has 1 aliphatic heterocycles. The molecule has 156 valence electrons. The molecule has 1 fully saturated rings. The number of fused-ring (bicyclic) bond motifs is 1. The van der Waals surface area contributed by atoms with Crippen molar-refractivity contribution in [3.05, 3.63) is 70.5 Å². The van der Waals surface area contributed by atoms with Crippen LogP contribution in [0.2, 0.25) is 0 Å². The largest absolute Gasteiger partial charge is 0.372 e. The van der Waals surface area contributed by atoms with Crippen molar-refractivity contribution in [3.63, 3.8) is 0 Å². The van der Waals surface area contributed by atoms with Gasteiger partial charge in [-0.3, -0.25) is 14.2 Å². The van der Waals surface area contributed by atoms with E-state index in [9.17, 15) is 9.59 Å². The maximum atomic E-state index is 13.2. The summed E-state index contributed by atoms with van der Waals surface area (Å²) >= 11 is 1.32. The van der Waals surface area contributed by atoms with Crippen LogP contribution in [0.25, 0.3) is 10.9 Å². The van der Waals surface area contributed by atoms with Crippen molar-refractivity contribution >= 4 is 28.6 Å². The molecule has 0 bridgehead atoms. The SMILES string of the molecule is C[C@H]1CN(C(=O)CSc2nc3ccccc3c(=O)n2Cc2ccccc2)C[C@H](C)O1. The van der Waals surface area contributed by atoms with E-state index in [1.54, 1.807) is 10.6 Å². The first-order chi connectivity index (χ1) is 14.5. The van der Waals surface area contributed by atoms with Crippen LogP contribution in [0.15, 0.2) is 64.5 Å². The molecule has 3 aromatic rings.